The number of hydrogen-bond acceptors (Lipinski definition) is 5. The largest absolute Gasteiger partial charge is 0.469 e. The van der Waals surface area contributed by atoms with Crippen molar-refractivity contribution in [2.75, 3.05) is 17.8 Å². The first-order valence-electron chi connectivity index (χ1n) is 5.69. The molecule has 1 amide bonds. The fourth-order valence-electron chi connectivity index (χ4n) is 1.88. The van der Waals surface area contributed by atoms with Crippen LogP contribution in [0.15, 0.2) is 28.9 Å². The summed E-state index contributed by atoms with van der Waals surface area (Å²) in [4.78, 5) is 12.0. The van der Waals surface area contributed by atoms with Crippen molar-refractivity contribution in [1.82, 2.24) is 0 Å². The van der Waals surface area contributed by atoms with Gasteiger partial charge in [0.05, 0.1) is 23.2 Å². The molecule has 0 spiro atoms. The molecule has 0 aliphatic carbocycles. The Morgan fingerprint density at radius 1 is 1.32 bits per heavy atom. The van der Waals surface area contributed by atoms with E-state index in [1.54, 1.807) is 25.1 Å². The number of furan rings is 1. The van der Waals surface area contributed by atoms with E-state index in [9.17, 15) is 4.79 Å². The van der Waals surface area contributed by atoms with Crippen LogP contribution in [-0.2, 0) is 0 Å². The summed E-state index contributed by atoms with van der Waals surface area (Å²) >= 11 is 0. The summed E-state index contributed by atoms with van der Waals surface area (Å²) in [6, 6.07) is 4.87. The maximum atomic E-state index is 12.0. The molecule has 1 aliphatic rings. The molecule has 2 aromatic rings. The van der Waals surface area contributed by atoms with Gasteiger partial charge in [-0.15, -0.1) is 0 Å². The van der Waals surface area contributed by atoms with E-state index < -0.39 is 0 Å². The Labute approximate surface area is 109 Å². The molecule has 6 nitrogen and oxygen atoms in total. The van der Waals surface area contributed by atoms with Gasteiger partial charge in [-0.3, -0.25) is 4.79 Å². The fourth-order valence-corrected chi connectivity index (χ4v) is 1.88. The van der Waals surface area contributed by atoms with E-state index in [0.717, 1.165) is 0 Å². The van der Waals surface area contributed by atoms with Gasteiger partial charge in [0.2, 0.25) is 6.79 Å². The van der Waals surface area contributed by atoms with Gasteiger partial charge in [-0.25, -0.2) is 0 Å². The molecule has 0 atom stereocenters. The number of amides is 1. The predicted octanol–water partition coefficient (Wildman–Crippen LogP) is 2.15. The number of anilines is 2. The minimum absolute atomic E-state index is 0.160. The predicted molar refractivity (Wildman–Crippen MR) is 68.4 cm³/mol. The van der Waals surface area contributed by atoms with Crippen molar-refractivity contribution in [2.24, 2.45) is 0 Å². The molecular weight excluding hydrogens is 248 g/mol. The zero-order valence-corrected chi connectivity index (χ0v) is 10.2. The Balaban J connectivity index is 1.88. The van der Waals surface area contributed by atoms with E-state index in [2.05, 4.69) is 5.32 Å². The molecule has 0 radical (unpaired) electrons. The summed E-state index contributed by atoms with van der Waals surface area (Å²) in [5.74, 6) is 1.41. The summed E-state index contributed by atoms with van der Waals surface area (Å²) in [5.41, 5.74) is 7.23. The van der Waals surface area contributed by atoms with Crippen molar-refractivity contribution in [3.63, 3.8) is 0 Å². The van der Waals surface area contributed by atoms with Crippen LogP contribution in [0.25, 0.3) is 0 Å². The van der Waals surface area contributed by atoms with Crippen molar-refractivity contribution in [3.8, 4) is 11.5 Å². The molecule has 3 N–H and O–H groups in total. The lowest BCUT2D eigenvalue weighted by Crippen LogP contribution is -2.13. The minimum atomic E-state index is -0.281. The first kappa shape index (κ1) is 11.5. The number of hydrogen-bond donors (Lipinski definition) is 2. The summed E-state index contributed by atoms with van der Waals surface area (Å²) in [6.45, 7) is 1.88. The highest BCUT2D eigenvalue weighted by atomic mass is 16.7. The number of carbonyl (C=O) groups is 1. The van der Waals surface area contributed by atoms with Crippen LogP contribution in [-0.4, -0.2) is 12.7 Å². The maximum Gasteiger partial charge on any atom is 0.259 e. The molecule has 1 aromatic carbocycles. The number of benzene rings is 1. The van der Waals surface area contributed by atoms with Gasteiger partial charge in [0, 0.05) is 12.1 Å². The quantitative estimate of drug-likeness (QED) is 0.808. The van der Waals surface area contributed by atoms with Gasteiger partial charge in [-0.05, 0) is 13.0 Å². The second-order valence-corrected chi connectivity index (χ2v) is 4.14. The van der Waals surface area contributed by atoms with E-state index in [4.69, 9.17) is 19.6 Å². The monoisotopic (exact) mass is 260 g/mol. The number of aryl methyl sites for hydroxylation is 1. The number of fused-ring (bicyclic) bond motifs is 1. The Kier molecular flexibility index (Phi) is 2.56. The Morgan fingerprint density at radius 2 is 2.05 bits per heavy atom. The molecule has 2 heterocycles. The van der Waals surface area contributed by atoms with Crippen molar-refractivity contribution < 1.29 is 18.7 Å². The van der Waals surface area contributed by atoms with Crippen LogP contribution in [0.5, 0.6) is 11.5 Å². The molecule has 0 saturated heterocycles. The number of nitrogens with two attached hydrogens (primary N) is 1. The molecule has 0 fully saturated rings. The van der Waals surface area contributed by atoms with Gasteiger partial charge in [0.25, 0.3) is 5.91 Å². The van der Waals surface area contributed by atoms with Gasteiger partial charge in [0.1, 0.15) is 5.76 Å². The van der Waals surface area contributed by atoms with Crippen LogP contribution in [0.3, 0.4) is 0 Å². The van der Waals surface area contributed by atoms with Gasteiger partial charge in [-0.1, -0.05) is 0 Å². The molecular formula is C13H12N2O4. The van der Waals surface area contributed by atoms with E-state index >= 15 is 0 Å². The van der Waals surface area contributed by atoms with Crippen LogP contribution in [0.2, 0.25) is 0 Å². The maximum absolute atomic E-state index is 12.0. The number of carbonyl (C=O) groups excluding carboxylic acids is 1. The highest BCUT2D eigenvalue weighted by Crippen LogP contribution is 2.38. The average Bonchev–Trinajstić information content (AvgIpc) is 2.98. The smallest absolute Gasteiger partial charge is 0.259 e. The van der Waals surface area contributed by atoms with Crippen molar-refractivity contribution in [3.05, 3.63) is 35.8 Å². The van der Waals surface area contributed by atoms with Crippen LogP contribution in [0.1, 0.15) is 16.1 Å². The molecule has 1 aliphatic heterocycles. The average molecular weight is 260 g/mol. The molecule has 0 bridgehead atoms. The van der Waals surface area contributed by atoms with Crippen molar-refractivity contribution in [2.45, 2.75) is 6.92 Å². The fraction of sp³-hybridized carbons (Fsp3) is 0.154. The summed E-state index contributed by atoms with van der Waals surface area (Å²) < 4.78 is 15.5. The van der Waals surface area contributed by atoms with Crippen molar-refractivity contribution >= 4 is 17.3 Å². The second-order valence-electron chi connectivity index (χ2n) is 4.14. The van der Waals surface area contributed by atoms with E-state index in [-0.39, 0.29) is 12.7 Å². The third-order valence-corrected chi connectivity index (χ3v) is 2.90. The topological polar surface area (TPSA) is 86.7 Å². The second kappa shape index (κ2) is 4.24. The lowest BCUT2D eigenvalue weighted by Gasteiger charge is -2.08. The number of rotatable bonds is 2. The highest BCUT2D eigenvalue weighted by molar-refractivity contribution is 6.06. The summed E-state index contributed by atoms with van der Waals surface area (Å²) in [7, 11) is 0. The summed E-state index contributed by atoms with van der Waals surface area (Å²) in [5, 5.41) is 2.72. The highest BCUT2D eigenvalue weighted by Gasteiger charge is 2.18. The molecule has 3 rings (SSSR count). The van der Waals surface area contributed by atoms with Gasteiger partial charge in [0.15, 0.2) is 11.5 Å². The Bertz CT molecular complexity index is 648. The van der Waals surface area contributed by atoms with Gasteiger partial charge >= 0.3 is 0 Å². The number of nitrogens with one attached hydrogen (secondary N) is 1. The Morgan fingerprint density at radius 3 is 2.74 bits per heavy atom. The van der Waals surface area contributed by atoms with Gasteiger partial charge < -0.3 is 24.9 Å². The normalized spacial score (nSPS) is 12.5. The molecule has 6 heteroatoms. The van der Waals surface area contributed by atoms with Crippen LogP contribution in [0, 0.1) is 6.92 Å². The lowest BCUT2D eigenvalue weighted by atomic mass is 10.2. The lowest BCUT2D eigenvalue weighted by molar-refractivity contribution is 0.102. The first-order chi connectivity index (χ1) is 9.15. The van der Waals surface area contributed by atoms with E-state index in [1.165, 1.54) is 6.26 Å². The van der Waals surface area contributed by atoms with Crippen LogP contribution in [0.4, 0.5) is 11.4 Å². The number of ether oxygens (including phenoxy) is 2. The SMILES string of the molecule is Cc1occc1C(=O)Nc1cc2c(cc1N)OCO2. The summed E-state index contributed by atoms with van der Waals surface area (Å²) in [6.07, 6.45) is 1.47. The van der Waals surface area contributed by atoms with Crippen LogP contribution >= 0.6 is 0 Å². The van der Waals surface area contributed by atoms with E-state index in [0.29, 0.717) is 34.2 Å². The zero-order chi connectivity index (χ0) is 13.4. The van der Waals surface area contributed by atoms with Crippen molar-refractivity contribution in [1.29, 1.82) is 0 Å². The van der Waals surface area contributed by atoms with E-state index in [1.807, 2.05) is 0 Å². The van der Waals surface area contributed by atoms with Gasteiger partial charge in [-0.2, -0.15) is 0 Å². The molecule has 1 aromatic heterocycles. The minimum Gasteiger partial charge on any atom is -0.469 e. The standard InChI is InChI=1S/C13H12N2O4/c1-7-8(2-3-17-7)13(16)15-10-5-12-11(4-9(10)14)18-6-19-12/h2-5H,6,14H2,1H3,(H,15,16). The third kappa shape index (κ3) is 1.97. The third-order valence-electron chi connectivity index (χ3n) is 2.90. The zero-order valence-electron chi connectivity index (χ0n) is 10.2. The molecule has 0 saturated carbocycles. The number of nitrogen functional groups attached to an aromatic ring is 1. The molecule has 0 unspecified atom stereocenters. The first-order valence-corrected chi connectivity index (χ1v) is 5.69. The molecule has 98 valence electrons. The Hall–Kier alpha value is -2.63. The van der Waals surface area contributed by atoms with Crippen LogP contribution < -0.4 is 20.5 Å². The molecule has 19 heavy (non-hydrogen) atoms.